The van der Waals surface area contributed by atoms with Gasteiger partial charge in [-0.1, -0.05) is 6.42 Å². The van der Waals surface area contributed by atoms with Crippen LogP contribution in [-0.2, 0) is 4.74 Å². The first-order valence-electron chi connectivity index (χ1n) is 8.11. The topological polar surface area (TPSA) is 41.7 Å². The van der Waals surface area contributed by atoms with E-state index in [0.29, 0.717) is 0 Å². The quantitative estimate of drug-likeness (QED) is 0.704. The third kappa shape index (κ3) is 5.78. The lowest BCUT2D eigenvalue weighted by Gasteiger charge is -2.23. The molecule has 1 unspecified atom stereocenters. The molecule has 2 saturated heterocycles. The van der Waals surface area contributed by atoms with Crippen LogP contribution in [0.4, 0.5) is 0 Å². The van der Waals surface area contributed by atoms with E-state index in [4.69, 9.17) is 10.5 Å². The van der Waals surface area contributed by atoms with Crippen molar-refractivity contribution in [3.8, 4) is 0 Å². The zero-order chi connectivity index (χ0) is 13.3. The van der Waals surface area contributed by atoms with Gasteiger partial charge < -0.3 is 20.3 Å². The van der Waals surface area contributed by atoms with Gasteiger partial charge in [-0.3, -0.25) is 0 Å². The molecule has 2 fully saturated rings. The van der Waals surface area contributed by atoms with E-state index >= 15 is 0 Å². The molecular formula is C15H31N3O. The van der Waals surface area contributed by atoms with E-state index in [1.165, 1.54) is 71.4 Å². The summed E-state index contributed by atoms with van der Waals surface area (Å²) in [4.78, 5) is 5.29. The van der Waals surface area contributed by atoms with Crippen molar-refractivity contribution in [3.63, 3.8) is 0 Å². The predicted octanol–water partition coefficient (Wildman–Crippen LogP) is 1.16. The highest BCUT2D eigenvalue weighted by Gasteiger charge is 2.21. The Kier molecular flexibility index (Phi) is 7.14. The van der Waals surface area contributed by atoms with Crippen molar-refractivity contribution in [3.05, 3.63) is 0 Å². The summed E-state index contributed by atoms with van der Waals surface area (Å²) in [5, 5.41) is 0. The summed E-state index contributed by atoms with van der Waals surface area (Å²) in [5.74, 6) is 0.788. The van der Waals surface area contributed by atoms with Crippen LogP contribution < -0.4 is 5.73 Å². The van der Waals surface area contributed by atoms with Crippen LogP contribution in [0.3, 0.4) is 0 Å². The van der Waals surface area contributed by atoms with Crippen LogP contribution in [0.1, 0.15) is 32.1 Å². The highest BCUT2D eigenvalue weighted by atomic mass is 16.5. The molecule has 0 amide bonds. The van der Waals surface area contributed by atoms with Crippen LogP contribution in [0.2, 0.25) is 0 Å². The van der Waals surface area contributed by atoms with Crippen molar-refractivity contribution in [1.29, 1.82) is 0 Å². The molecule has 19 heavy (non-hydrogen) atoms. The van der Waals surface area contributed by atoms with Gasteiger partial charge in [0.1, 0.15) is 0 Å². The molecule has 0 spiro atoms. The van der Waals surface area contributed by atoms with Crippen LogP contribution >= 0.6 is 0 Å². The minimum Gasteiger partial charge on any atom is -0.381 e. The lowest BCUT2D eigenvalue weighted by Crippen LogP contribution is -2.34. The molecule has 4 nitrogen and oxygen atoms in total. The van der Waals surface area contributed by atoms with E-state index in [0.717, 1.165) is 25.7 Å². The maximum Gasteiger partial charge on any atom is 0.0507 e. The van der Waals surface area contributed by atoms with Crippen LogP contribution in [0.15, 0.2) is 0 Å². The monoisotopic (exact) mass is 269 g/mol. The average molecular weight is 269 g/mol. The standard InChI is InChI=1S/C15H31N3O/c16-6-2-1-3-7-17-8-4-9-18(11-10-17)13-15-5-12-19-14-15/h15H,1-14,16H2. The second-order valence-corrected chi connectivity index (χ2v) is 6.07. The molecule has 112 valence electrons. The third-order valence-corrected chi connectivity index (χ3v) is 4.40. The van der Waals surface area contributed by atoms with E-state index in [1.807, 2.05) is 0 Å². The molecule has 1 atom stereocenters. The van der Waals surface area contributed by atoms with E-state index in [9.17, 15) is 0 Å². The molecule has 2 aliphatic heterocycles. The smallest absolute Gasteiger partial charge is 0.0507 e. The molecule has 0 aromatic heterocycles. The van der Waals surface area contributed by atoms with Gasteiger partial charge in [-0.05, 0) is 57.8 Å². The minimum absolute atomic E-state index is 0.788. The SMILES string of the molecule is NCCCCCN1CCCN(CC2CCOC2)CC1. The number of hydrogen-bond acceptors (Lipinski definition) is 4. The maximum atomic E-state index is 5.54. The van der Waals surface area contributed by atoms with Crippen molar-refractivity contribution in [2.45, 2.75) is 32.1 Å². The third-order valence-electron chi connectivity index (χ3n) is 4.40. The molecule has 0 aromatic carbocycles. The van der Waals surface area contributed by atoms with Gasteiger partial charge in [0.2, 0.25) is 0 Å². The van der Waals surface area contributed by atoms with Gasteiger partial charge >= 0.3 is 0 Å². The molecular weight excluding hydrogens is 238 g/mol. The summed E-state index contributed by atoms with van der Waals surface area (Å²) in [5.41, 5.74) is 5.54. The number of nitrogens with two attached hydrogens (primary N) is 1. The van der Waals surface area contributed by atoms with E-state index < -0.39 is 0 Å². The van der Waals surface area contributed by atoms with Crippen molar-refractivity contribution < 1.29 is 4.74 Å². The van der Waals surface area contributed by atoms with Gasteiger partial charge in [0.05, 0.1) is 6.61 Å². The lowest BCUT2D eigenvalue weighted by atomic mass is 10.1. The number of ether oxygens (including phenoxy) is 1. The molecule has 2 N–H and O–H groups in total. The first-order valence-corrected chi connectivity index (χ1v) is 8.11. The van der Waals surface area contributed by atoms with Crippen LogP contribution in [0.5, 0.6) is 0 Å². The van der Waals surface area contributed by atoms with Gasteiger partial charge in [-0.25, -0.2) is 0 Å². The van der Waals surface area contributed by atoms with Gasteiger partial charge in [0.25, 0.3) is 0 Å². The average Bonchev–Trinajstić information content (AvgIpc) is 2.82. The molecule has 2 aliphatic rings. The first-order chi connectivity index (χ1) is 9.38. The number of nitrogens with zero attached hydrogens (tertiary/aromatic N) is 2. The fourth-order valence-corrected chi connectivity index (χ4v) is 3.18. The Hall–Kier alpha value is -0.160. The zero-order valence-corrected chi connectivity index (χ0v) is 12.4. The highest BCUT2D eigenvalue weighted by Crippen LogP contribution is 2.15. The molecule has 4 heteroatoms. The maximum absolute atomic E-state index is 5.54. The summed E-state index contributed by atoms with van der Waals surface area (Å²) in [6, 6.07) is 0. The molecule has 0 saturated carbocycles. The fourth-order valence-electron chi connectivity index (χ4n) is 3.18. The van der Waals surface area contributed by atoms with Crippen molar-refractivity contribution >= 4 is 0 Å². The summed E-state index contributed by atoms with van der Waals surface area (Å²) >= 11 is 0. The van der Waals surface area contributed by atoms with Crippen LogP contribution in [-0.4, -0.2) is 68.8 Å². The molecule has 2 heterocycles. The van der Waals surface area contributed by atoms with Gasteiger partial charge in [0, 0.05) is 26.2 Å². The lowest BCUT2D eigenvalue weighted by molar-refractivity contribution is 0.167. The number of unbranched alkanes of at least 4 members (excludes halogenated alkanes) is 2. The van der Waals surface area contributed by atoms with E-state index in [1.54, 1.807) is 0 Å². The summed E-state index contributed by atoms with van der Waals surface area (Å²) in [6.45, 7) is 10.4. The minimum atomic E-state index is 0.788. The van der Waals surface area contributed by atoms with Crippen LogP contribution in [0.25, 0.3) is 0 Å². The molecule has 0 bridgehead atoms. The molecule has 0 aromatic rings. The van der Waals surface area contributed by atoms with Crippen molar-refractivity contribution in [2.24, 2.45) is 11.7 Å². The van der Waals surface area contributed by atoms with E-state index in [-0.39, 0.29) is 0 Å². The Morgan fingerprint density at radius 1 is 1.00 bits per heavy atom. The molecule has 2 rings (SSSR count). The summed E-state index contributed by atoms with van der Waals surface area (Å²) in [7, 11) is 0. The summed E-state index contributed by atoms with van der Waals surface area (Å²) < 4.78 is 5.48. The van der Waals surface area contributed by atoms with Crippen molar-refractivity contribution in [1.82, 2.24) is 9.80 Å². The molecule has 0 aliphatic carbocycles. The largest absolute Gasteiger partial charge is 0.381 e. The Bertz CT molecular complexity index is 231. The highest BCUT2D eigenvalue weighted by molar-refractivity contribution is 4.74. The van der Waals surface area contributed by atoms with Gasteiger partial charge in [-0.2, -0.15) is 0 Å². The first kappa shape index (κ1) is 15.2. The normalized spacial score (nSPS) is 26.7. The Morgan fingerprint density at radius 3 is 2.63 bits per heavy atom. The number of hydrogen-bond donors (Lipinski definition) is 1. The summed E-state index contributed by atoms with van der Waals surface area (Å²) in [6.07, 6.45) is 6.37. The Morgan fingerprint density at radius 2 is 1.84 bits per heavy atom. The second-order valence-electron chi connectivity index (χ2n) is 6.07. The predicted molar refractivity (Wildman–Crippen MR) is 79.3 cm³/mol. The van der Waals surface area contributed by atoms with Crippen molar-refractivity contribution in [2.75, 3.05) is 59.0 Å². The second kappa shape index (κ2) is 8.90. The Balaban J connectivity index is 1.60. The van der Waals surface area contributed by atoms with Gasteiger partial charge in [-0.15, -0.1) is 0 Å². The molecule has 0 radical (unpaired) electrons. The fraction of sp³-hybridized carbons (Fsp3) is 1.00. The zero-order valence-electron chi connectivity index (χ0n) is 12.4. The van der Waals surface area contributed by atoms with Crippen LogP contribution in [0, 0.1) is 5.92 Å². The van der Waals surface area contributed by atoms with E-state index in [2.05, 4.69) is 9.80 Å². The number of rotatable bonds is 7. The Labute approximate surface area is 118 Å². The van der Waals surface area contributed by atoms with Gasteiger partial charge in [0.15, 0.2) is 0 Å².